The highest BCUT2D eigenvalue weighted by Gasteiger charge is 2.61. The number of carbonyl (C=O) groups excluding carboxylic acids is 3. The van der Waals surface area contributed by atoms with E-state index in [0.29, 0.717) is 140 Å². The monoisotopic (exact) mass is 2050 g/mol. The number of imidazole rings is 4. The molecule has 0 unspecified atom stereocenters. The predicted molar refractivity (Wildman–Crippen MR) is 551 cm³/mol. The first kappa shape index (κ1) is 109. The fourth-order valence-corrected chi connectivity index (χ4v) is 20.0. The molecule has 0 saturated carbocycles. The third-order valence-electron chi connectivity index (χ3n) is 27.1. The maximum atomic E-state index is 12.8. The Hall–Kier alpha value is -11.6. The Morgan fingerprint density at radius 1 is 0.372 bits per heavy atom. The van der Waals surface area contributed by atoms with Gasteiger partial charge in [-0.15, -0.1) is 0 Å². The lowest BCUT2D eigenvalue weighted by molar-refractivity contribution is -0.198. The van der Waals surface area contributed by atoms with E-state index in [1.807, 2.05) is 130 Å². The van der Waals surface area contributed by atoms with E-state index >= 15 is 0 Å². The number of ether oxygens (including phenoxy) is 14. The van der Waals surface area contributed by atoms with Gasteiger partial charge in [-0.25, -0.2) is 69.4 Å². The van der Waals surface area contributed by atoms with Gasteiger partial charge in [-0.3, -0.25) is 37.8 Å². The highest BCUT2D eigenvalue weighted by atomic mass is 16.8. The maximum Gasteiger partial charge on any atom is 0.407 e. The number of nitrogen functional groups attached to an aromatic ring is 4. The predicted octanol–water partition coefficient (Wildman–Crippen LogP) is 9.84. The molecule has 19 rings (SSSR count). The number of hydrogen-bond donors (Lipinski definition) is 9. The van der Waals surface area contributed by atoms with Gasteiger partial charge in [-0.2, -0.15) is 0 Å². The number of benzene rings is 3. The summed E-state index contributed by atoms with van der Waals surface area (Å²) < 4.78 is 94.2. The summed E-state index contributed by atoms with van der Waals surface area (Å²) in [6.45, 7) is 39.0. The summed E-state index contributed by atoms with van der Waals surface area (Å²) >= 11 is 0. The minimum atomic E-state index is -0.753. The molecule has 11 aromatic rings. The van der Waals surface area contributed by atoms with Gasteiger partial charge in [0.2, 0.25) is 5.91 Å². The van der Waals surface area contributed by atoms with Crippen molar-refractivity contribution in [2.75, 3.05) is 121 Å². The molecule has 8 aliphatic heterocycles. The van der Waals surface area contributed by atoms with E-state index in [9.17, 15) is 14.4 Å². The standard InChI is InChI=1S/C32H47N7O4.C28H39N7O5.C23H29N7O5.C20H33N7O3/c1-7-8-9-15-38(16-14-34-24(40)17-21-10-12-22(13-11-21)31(2,3)4)18-23-26-27(43-32(5,6)42-26)30(41-23)39-20-37-25-28(33)35-19-36-29(25)39;1-4-5-9-13-34(14-12-30-27(36)37-16-19-10-7-6-8-11-19)15-20-22-23(40-28(2,3)39-22)26(38-20)35-18-33-21-24(29)31-17-32-25(21)35;1-23(2)34-17-15(10-25-8-9-26-22(31)32-11-14-6-4-3-5-7-14)33-21(18(17)35-23)30-13-29-16-19(24)27-12-28-20(16)30;1-4-5-6-8-26(9-7-21)10-13-15-16(30-20(2,3)29-15)19(28-13)27-12-25-14-17(22)23-11-24-18(14)27/h10-13,19-20,23,26-27,30H,7-9,14-18H2,1-6H3,(H,34,40)(H2,33,35,36);6-8,10-11,17-18,20,22-23,26H,4-5,9,12-16H2,1-3H3,(H,30,36)(H2,29,31,32);3-7,12-13,15,17-18,21,25H,8-11H2,1-2H3,(H,26,31)(H2,24,27,28);11-13,15-16,19H,4-10,21H2,1-3H3,(H2,22,23,24)/t23-,26-,27-,30-;20-,22-,23-,26-;15-,17-,18-,21-;13-,15-,16-,19-/m1111/s1. The topological polar surface area (TPSA) is 543 Å². The second kappa shape index (κ2) is 49.0. The number of unbranched alkanes of at least 4 members (excludes halogenated alkanes) is 6. The fourth-order valence-electron chi connectivity index (χ4n) is 20.0. The molecule has 45 nitrogen and oxygen atoms in total. The van der Waals surface area contributed by atoms with Crippen molar-refractivity contribution < 1.29 is 80.7 Å². The van der Waals surface area contributed by atoms with E-state index in [0.717, 1.165) is 94.4 Å². The molecule has 8 saturated heterocycles. The zero-order chi connectivity index (χ0) is 105. The smallest absolute Gasteiger partial charge is 0.407 e. The second-order valence-corrected chi connectivity index (χ2v) is 41.3. The first-order valence-corrected chi connectivity index (χ1v) is 51.7. The molecular formula is C103H148N28O17. The summed E-state index contributed by atoms with van der Waals surface area (Å²) in [6, 6.07) is 27.5. The number of amides is 3. The Labute approximate surface area is 862 Å². The lowest BCUT2D eigenvalue weighted by atomic mass is 9.86. The van der Waals surface area contributed by atoms with E-state index in [2.05, 4.69) is 162 Å². The lowest BCUT2D eigenvalue weighted by Gasteiger charge is -2.29. The molecule has 0 spiro atoms. The lowest BCUT2D eigenvalue weighted by Crippen LogP contribution is -2.43. The van der Waals surface area contributed by atoms with Crippen LogP contribution >= 0.6 is 0 Å². The second-order valence-electron chi connectivity index (χ2n) is 41.3. The summed E-state index contributed by atoms with van der Waals surface area (Å²) in [4.78, 5) is 95.2. The Kier molecular flexibility index (Phi) is 36.1. The number of anilines is 4. The zero-order valence-electron chi connectivity index (χ0n) is 87.4. The first-order valence-electron chi connectivity index (χ1n) is 51.7. The van der Waals surface area contributed by atoms with Crippen LogP contribution in [-0.4, -0.2) is 305 Å². The number of alkyl carbamates (subject to hydrolysis) is 2. The summed E-state index contributed by atoms with van der Waals surface area (Å²) in [5.74, 6) is -1.61. The van der Waals surface area contributed by atoms with Gasteiger partial charge < -0.3 is 116 Å². The van der Waals surface area contributed by atoms with Gasteiger partial charge in [-0.05, 0) is 122 Å². The summed E-state index contributed by atoms with van der Waals surface area (Å²) in [5, 5.41) is 12.0. The number of fused-ring (bicyclic) bond motifs is 8. The van der Waals surface area contributed by atoms with Crippen LogP contribution in [0.2, 0.25) is 0 Å². The highest BCUT2D eigenvalue weighted by Crippen LogP contribution is 2.49. The summed E-state index contributed by atoms with van der Waals surface area (Å²) in [7, 11) is 0. The van der Waals surface area contributed by atoms with Gasteiger partial charge in [-0.1, -0.05) is 165 Å². The number of hydrogen-bond acceptors (Lipinski definition) is 38. The Morgan fingerprint density at radius 3 is 1.03 bits per heavy atom. The Bertz CT molecular complexity index is 6130. The van der Waals surface area contributed by atoms with Crippen LogP contribution in [0.15, 0.2) is 136 Å². The third-order valence-corrected chi connectivity index (χ3v) is 27.1. The number of nitrogens with one attached hydrogen (secondary N) is 4. The minimum absolute atomic E-state index is 0.0248. The molecule has 3 amide bonds. The van der Waals surface area contributed by atoms with Gasteiger partial charge in [0.25, 0.3) is 0 Å². The molecule has 0 bridgehead atoms. The molecule has 802 valence electrons. The average Bonchev–Trinajstić information content (AvgIpc) is 1.60. The van der Waals surface area contributed by atoms with Crippen molar-refractivity contribution in [1.82, 2.24) is 114 Å². The summed E-state index contributed by atoms with van der Waals surface area (Å²) in [5.41, 5.74) is 38.6. The van der Waals surface area contributed by atoms with Gasteiger partial charge in [0.15, 0.2) is 93.9 Å². The van der Waals surface area contributed by atoms with Crippen LogP contribution in [-0.2, 0) is 96.2 Å². The van der Waals surface area contributed by atoms with E-state index in [-0.39, 0.29) is 97.8 Å². The number of carbonyl (C=O) groups is 3. The zero-order valence-corrected chi connectivity index (χ0v) is 87.4. The minimum Gasteiger partial charge on any atom is -0.445 e. The van der Waals surface area contributed by atoms with Crippen molar-refractivity contribution in [2.45, 2.75) is 301 Å². The van der Waals surface area contributed by atoms with Crippen LogP contribution in [0.3, 0.4) is 0 Å². The van der Waals surface area contributed by atoms with Crippen LogP contribution in [0, 0.1) is 0 Å². The molecule has 8 aromatic heterocycles. The molecule has 16 atom stereocenters. The van der Waals surface area contributed by atoms with Crippen LogP contribution in [0.1, 0.15) is 202 Å². The van der Waals surface area contributed by atoms with E-state index < -0.39 is 60.2 Å². The molecular weight excluding hydrogens is 1900 g/mol. The van der Waals surface area contributed by atoms with Crippen molar-refractivity contribution >= 4 is 86.0 Å². The number of rotatable bonds is 41. The third kappa shape index (κ3) is 27.2. The van der Waals surface area contributed by atoms with E-state index in [1.165, 1.54) is 43.7 Å². The fraction of sp³-hybridized carbons (Fsp3) is 0.602. The molecule has 14 N–H and O–H groups in total. The normalized spacial score (nSPS) is 24.7. The van der Waals surface area contributed by atoms with E-state index in [4.69, 9.17) is 95.0 Å². The quantitative estimate of drug-likeness (QED) is 0.0161. The Morgan fingerprint density at radius 2 is 0.689 bits per heavy atom. The van der Waals surface area contributed by atoms with Crippen molar-refractivity contribution in [1.29, 1.82) is 0 Å². The van der Waals surface area contributed by atoms with Gasteiger partial charge in [0.05, 0.1) is 31.7 Å². The molecule has 8 fully saturated rings. The van der Waals surface area contributed by atoms with Crippen molar-refractivity contribution in [3.63, 3.8) is 0 Å². The number of nitrogens with two attached hydrogens (primary N) is 5. The van der Waals surface area contributed by atoms with Crippen molar-refractivity contribution in [3.05, 3.63) is 158 Å². The van der Waals surface area contributed by atoms with Crippen molar-refractivity contribution in [2.24, 2.45) is 5.73 Å². The van der Waals surface area contributed by atoms with Gasteiger partial charge >= 0.3 is 12.2 Å². The first-order chi connectivity index (χ1) is 71.1. The van der Waals surface area contributed by atoms with Crippen LogP contribution in [0.25, 0.3) is 44.7 Å². The number of aromatic nitrogens is 16. The SMILES string of the molecule is CC1(C)O[C@@H]2[C@H](O1)[C@@H](CNCCNC(=O)OCc1ccccc1)O[C@H]2n1cnc2c(N)ncnc21.CCCCCN(CCN)C[C@H]1O[C@@H](n2cnc3c(N)ncnc32)[C@@H]2OC(C)(C)O[C@@H]21.CCCCCN(CCNC(=O)Cc1ccc(C(C)(C)C)cc1)C[C@H]1O[C@@H](n2cnc3c(N)ncnc32)[C@@H]2OC(C)(C)O[C@@H]21.CCCCCN(CCNC(=O)OCc1ccccc1)C[C@H]1O[C@@H](n2cnc3c(N)ncnc32)[C@@H]2OC(C)(C)O[C@@H]21. The molecule has 45 heteroatoms. The molecule has 3 aromatic carbocycles. The van der Waals surface area contributed by atoms with Crippen LogP contribution in [0.5, 0.6) is 0 Å². The Balaban J connectivity index is 0.000000142. The van der Waals surface area contributed by atoms with Gasteiger partial charge in [0, 0.05) is 78.5 Å². The molecule has 16 heterocycles. The number of nitrogens with zero attached hydrogens (tertiary/aromatic N) is 19. The van der Waals surface area contributed by atoms with Crippen LogP contribution < -0.4 is 49.9 Å². The van der Waals surface area contributed by atoms with E-state index in [1.54, 1.807) is 29.9 Å². The highest BCUT2D eigenvalue weighted by molar-refractivity contribution is 5.84. The largest absolute Gasteiger partial charge is 0.445 e. The average molecular weight is 2050 g/mol. The summed E-state index contributed by atoms with van der Waals surface area (Å²) in [6.07, 6.45) is 16.9. The molecule has 8 aliphatic rings. The maximum absolute atomic E-state index is 12.8. The van der Waals surface area contributed by atoms with Crippen LogP contribution in [0.4, 0.5) is 32.9 Å². The molecule has 148 heavy (non-hydrogen) atoms. The molecule has 0 radical (unpaired) electrons. The molecule has 0 aliphatic carbocycles. The van der Waals surface area contributed by atoms with Gasteiger partial charge in [0.1, 0.15) is 134 Å². The van der Waals surface area contributed by atoms with Crippen molar-refractivity contribution in [3.8, 4) is 0 Å².